The average Bonchev–Trinajstić information content (AvgIpc) is 2.73. The standard InChI is InChI=1S/C20H19N3O3S3Si/c1-25-15-26-19-7-4-16(5-8-19)20-9-6-18(24)11-17(20)3-2-10-30(21-12-27,22-13-28)23-14-29/h4-9,11,24H,2-3,10,15H2,1H3. The monoisotopic (exact) mass is 473 g/mol. The molecule has 0 aromatic heterocycles. The van der Waals surface area contributed by atoms with E-state index in [1.165, 1.54) is 0 Å². The fourth-order valence-corrected chi connectivity index (χ4v) is 5.80. The molecule has 30 heavy (non-hydrogen) atoms. The van der Waals surface area contributed by atoms with Crippen LogP contribution in [0.1, 0.15) is 12.0 Å². The minimum absolute atomic E-state index is 0.189. The Morgan fingerprint density at radius 1 is 0.967 bits per heavy atom. The highest BCUT2D eigenvalue weighted by molar-refractivity contribution is 7.78. The van der Waals surface area contributed by atoms with Crippen molar-refractivity contribution in [3.8, 4) is 22.6 Å². The Hall–Kier alpha value is -2.38. The van der Waals surface area contributed by atoms with Crippen molar-refractivity contribution in [1.29, 1.82) is 0 Å². The first kappa shape index (κ1) is 23.9. The molecular weight excluding hydrogens is 455 g/mol. The molecule has 2 aromatic carbocycles. The van der Waals surface area contributed by atoms with Gasteiger partial charge in [0.1, 0.15) is 11.5 Å². The maximum atomic E-state index is 9.99. The first-order valence-corrected chi connectivity index (χ1v) is 12.2. The van der Waals surface area contributed by atoms with Gasteiger partial charge in [0.05, 0.1) is 15.5 Å². The van der Waals surface area contributed by atoms with Crippen LogP contribution in [0, 0.1) is 0 Å². The normalized spacial score (nSPS) is 11.9. The van der Waals surface area contributed by atoms with Gasteiger partial charge in [0.15, 0.2) is 6.79 Å². The second-order valence-electron chi connectivity index (χ2n) is 6.15. The summed E-state index contributed by atoms with van der Waals surface area (Å²) in [5.41, 5.74) is 2.99. The van der Waals surface area contributed by atoms with Crippen LogP contribution in [0.3, 0.4) is 0 Å². The van der Waals surface area contributed by atoms with E-state index in [0.717, 1.165) is 16.7 Å². The van der Waals surface area contributed by atoms with Crippen molar-refractivity contribution < 1.29 is 14.6 Å². The first-order valence-electron chi connectivity index (χ1n) is 8.88. The minimum Gasteiger partial charge on any atom is -0.508 e. The zero-order chi connectivity index (χ0) is 21.8. The van der Waals surface area contributed by atoms with Crippen molar-refractivity contribution >= 4 is 60.7 Å². The third-order valence-corrected chi connectivity index (χ3v) is 7.42. The largest absolute Gasteiger partial charge is 0.508 e. The van der Waals surface area contributed by atoms with Crippen LogP contribution in [0.15, 0.2) is 56.4 Å². The van der Waals surface area contributed by atoms with E-state index in [1.54, 1.807) is 19.2 Å². The summed E-state index contributed by atoms with van der Waals surface area (Å²) in [4.78, 5) is 0. The molecule has 0 radical (unpaired) electrons. The summed E-state index contributed by atoms with van der Waals surface area (Å²) < 4.78 is 22.8. The maximum absolute atomic E-state index is 9.99. The van der Waals surface area contributed by atoms with Crippen molar-refractivity contribution in [3.63, 3.8) is 0 Å². The van der Waals surface area contributed by atoms with Gasteiger partial charge in [-0.1, -0.05) is 18.2 Å². The lowest BCUT2D eigenvalue weighted by Crippen LogP contribution is -2.27. The van der Waals surface area contributed by atoms with Gasteiger partial charge in [-0.3, -0.25) is 0 Å². The Labute approximate surface area is 192 Å². The molecule has 1 N–H and O–H groups in total. The summed E-state index contributed by atoms with van der Waals surface area (Å²) in [6, 6.07) is 13.5. The van der Waals surface area contributed by atoms with Crippen molar-refractivity contribution in [1.82, 2.24) is 0 Å². The Bertz CT molecular complexity index is 968. The summed E-state index contributed by atoms with van der Waals surface area (Å²) in [7, 11) is -1.37. The number of methoxy groups -OCH3 is 1. The first-order chi connectivity index (χ1) is 14.6. The Morgan fingerprint density at radius 2 is 1.60 bits per heavy atom. The van der Waals surface area contributed by atoms with Crippen LogP contribution >= 0.6 is 36.7 Å². The second kappa shape index (κ2) is 12.3. The molecule has 6 nitrogen and oxygen atoms in total. The minimum atomic E-state index is -2.94. The molecule has 0 aliphatic rings. The lowest BCUT2D eigenvalue weighted by Gasteiger charge is -2.14. The van der Waals surface area contributed by atoms with Gasteiger partial charge in [-0.15, -0.1) is 0 Å². The zero-order valence-electron chi connectivity index (χ0n) is 16.2. The summed E-state index contributed by atoms with van der Waals surface area (Å²) >= 11 is 14.2. The van der Waals surface area contributed by atoms with Gasteiger partial charge in [-0.2, -0.15) is 0 Å². The predicted molar refractivity (Wildman–Crippen MR) is 130 cm³/mol. The Kier molecular flexibility index (Phi) is 9.83. The SMILES string of the molecule is COCOc1ccc(-c2ccc(O)cc2CCC[Si](N=C=S)(N=C=S)N=C=S)cc1. The van der Waals surface area contributed by atoms with Gasteiger partial charge in [-0.05, 0) is 90.5 Å². The number of thiocarbonyl (C=S) groups is 3. The van der Waals surface area contributed by atoms with E-state index in [0.29, 0.717) is 24.6 Å². The molecule has 0 amide bonds. The molecule has 0 spiro atoms. The highest BCUT2D eigenvalue weighted by Gasteiger charge is 2.33. The number of rotatable bonds is 11. The fraction of sp³-hybridized carbons (Fsp3) is 0.250. The van der Waals surface area contributed by atoms with Crippen molar-refractivity contribution in [2.24, 2.45) is 14.0 Å². The topological polar surface area (TPSA) is 75.8 Å². The number of aryl methyl sites for hydroxylation is 1. The van der Waals surface area contributed by atoms with Gasteiger partial charge in [0.2, 0.25) is 0 Å². The molecule has 10 heteroatoms. The van der Waals surface area contributed by atoms with Crippen LogP contribution in [0.25, 0.3) is 11.1 Å². The second-order valence-corrected chi connectivity index (χ2v) is 9.42. The van der Waals surface area contributed by atoms with Gasteiger partial charge in [0.25, 0.3) is 0 Å². The quantitative estimate of drug-likeness (QED) is 0.209. The van der Waals surface area contributed by atoms with Crippen molar-refractivity contribution in [3.05, 3.63) is 48.0 Å². The number of phenolic OH excluding ortho intramolecular Hbond substituents is 1. The molecule has 2 rings (SSSR count). The molecule has 0 heterocycles. The van der Waals surface area contributed by atoms with E-state index in [-0.39, 0.29) is 12.5 Å². The number of aromatic hydroxyl groups is 1. The third-order valence-electron chi connectivity index (χ3n) is 4.23. The lowest BCUT2D eigenvalue weighted by molar-refractivity contribution is 0.0511. The number of ether oxygens (including phenoxy) is 2. The van der Waals surface area contributed by atoms with Gasteiger partial charge in [0, 0.05) is 13.2 Å². The number of isothiocyanates is 3. The molecule has 0 atom stereocenters. The number of hydrogen-bond donors (Lipinski definition) is 1. The highest BCUT2D eigenvalue weighted by Crippen LogP contribution is 2.30. The molecule has 154 valence electrons. The summed E-state index contributed by atoms with van der Waals surface area (Å²) in [5, 5.41) is 17.0. The van der Waals surface area contributed by atoms with Crippen LogP contribution in [0.2, 0.25) is 6.04 Å². The van der Waals surface area contributed by atoms with E-state index in [4.69, 9.17) is 46.1 Å². The Morgan fingerprint density at radius 3 is 2.17 bits per heavy atom. The summed E-state index contributed by atoms with van der Waals surface area (Å²) in [5.74, 6) is 0.911. The van der Waals surface area contributed by atoms with Gasteiger partial charge >= 0.3 is 8.56 Å². The van der Waals surface area contributed by atoms with Crippen LogP contribution in [0.4, 0.5) is 0 Å². The Balaban J connectivity index is 2.24. The molecule has 0 bridgehead atoms. The third kappa shape index (κ3) is 6.85. The van der Waals surface area contributed by atoms with Crippen LogP contribution in [-0.2, 0) is 11.2 Å². The predicted octanol–water partition coefficient (Wildman–Crippen LogP) is 5.22. The average molecular weight is 474 g/mol. The molecule has 0 saturated carbocycles. The number of hydrogen-bond acceptors (Lipinski definition) is 9. The molecule has 0 aliphatic heterocycles. The number of benzene rings is 2. The molecule has 2 aromatic rings. The van der Waals surface area contributed by atoms with E-state index >= 15 is 0 Å². The van der Waals surface area contributed by atoms with Crippen LogP contribution in [0.5, 0.6) is 11.5 Å². The van der Waals surface area contributed by atoms with E-state index < -0.39 is 8.56 Å². The maximum Gasteiger partial charge on any atom is 0.461 e. The van der Waals surface area contributed by atoms with Gasteiger partial charge in [-0.25, -0.2) is 14.0 Å². The number of nitrogens with zero attached hydrogens (tertiary/aromatic N) is 3. The zero-order valence-corrected chi connectivity index (χ0v) is 19.6. The summed E-state index contributed by atoms with van der Waals surface area (Å²) in [6.07, 6.45) is 1.34. The summed E-state index contributed by atoms with van der Waals surface area (Å²) in [6.45, 7) is 0.189. The fourth-order valence-electron chi connectivity index (χ4n) is 2.90. The van der Waals surface area contributed by atoms with Crippen LogP contribution < -0.4 is 4.74 Å². The van der Waals surface area contributed by atoms with E-state index in [1.807, 2.05) is 30.3 Å². The molecule has 0 saturated heterocycles. The molecule has 0 aliphatic carbocycles. The highest BCUT2D eigenvalue weighted by atomic mass is 32.1. The van der Waals surface area contributed by atoms with Gasteiger partial charge < -0.3 is 14.6 Å². The van der Waals surface area contributed by atoms with Crippen molar-refractivity contribution in [2.75, 3.05) is 13.9 Å². The molecule has 0 fully saturated rings. The smallest absolute Gasteiger partial charge is 0.461 e. The molecular formula is C20H19N3O3S3Si. The van der Waals surface area contributed by atoms with E-state index in [9.17, 15) is 5.11 Å². The van der Waals surface area contributed by atoms with Crippen molar-refractivity contribution in [2.45, 2.75) is 18.9 Å². The lowest BCUT2D eigenvalue weighted by atomic mass is 9.96. The molecule has 0 unspecified atom stereocenters. The van der Waals surface area contributed by atoms with E-state index in [2.05, 4.69) is 29.5 Å². The number of phenols is 1. The van der Waals surface area contributed by atoms with Crippen LogP contribution in [-0.4, -0.2) is 43.1 Å².